The fraction of sp³-hybridized carbons (Fsp3) is 0.278. The van der Waals surface area contributed by atoms with Crippen molar-refractivity contribution >= 4 is 17.5 Å². The largest absolute Gasteiger partial charge is 0.494 e. The topological polar surface area (TPSA) is 47.6 Å². The first-order valence-electron chi connectivity index (χ1n) is 7.32. The molecule has 0 saturated carbocycles. The maximum atomic E-state index is 13.7. The molecule has 128 valence electrons. The summed E-state index contributed by atoms with van der Waals surface area (Å²) in [6.07, 6.45) is 0. The number of nitrogens with one attached hydrogen (secondary N) is 1. The third-order valence-electron chi connectivity index (χ3n) is 3.89. The van der Waals surface area contributed by atoms with Crippen LogP contribution in [0.1, 0.15) is 22.8 Å². The summed E-state index contributed by atoms with van der Waals surface area (Å²) >= 11 is 6.02. The van der Waals surface area contributed by atoms with E-state index in [9.17, 15) is 9.18 Å². The van der Waals surface area contributed by atoms with Gasteiger partial charge in [0, 0.05) is 17.7 Å². The van der Waals surface area contributed by atoms with Gasteiger partial charge < -0.3 is 14.8 Å². The number of halogens is 2. The molecule has 0 radical (unpaired) electrons. The van der Waals surface area contributed by atoms with E-state index >= 15 is 0 Å². The maximum absolute atomic E-state index is 13.7. The summed E-state index contributed by atoms with van der Waals surface area (Å²) in [4.78, 5) is 12.3. The van der Waals surface area contributed by atoms with Crippen LogP contribution in [-0.4, -0.2) is 26.7 Å². The molecule has 6 heteroatoms. The Morgan fingerprint density at radius 3 is 2.58 bits per heavy atom. The minimum Gasteiger partial charge on any atom is -0.494 e. The van der Waals surface area contributed by atoms with Crippen LogP contribution in [-0.2, 0) is 10.3 Å². The monoisotopic (exact) mass is 351 g/mol. The van der Waals surface area contributed by atoms with Crippen LogP contribution in [0.15, 0.2) is 42.5 Å². The van der Waals surface area contributed by atoms with Crippen molar-refractivity contribution in [1.29, 1.82) is 0 Å². The molecule has 0 heterocycles. The minimum absolute atomic E-state index is 0.0900. The minimum atomic E-state index is -0.758. The molecule has 0 saturated heterocycles. The highest BCUT2D eigenvalue weighted by Gasteiger charge is 2.27. The normalized spacial score (nSPS) is 13.2. The Hall–Kier alpha value is -2.11. The van der Waals surface area contributed by atoms with Crippen molar-refractivity contribution in [3.05, 3.63) is 64.4 Å². The number of hydrogen-bond acceptors (Lipinski definition) is 3. The van der Waals surface area contributed by atoms with Gasteiger partial charge in [-0.15, -0.1) is 0 Å². The number of carbonyl (C=O) groups is 1. The third kappa shape index (κ3) is 4.04. The van der Waals surface area contributed by atoms with Crippen LogP contribution in [0.4, 0.5) is 4.39 Å². The molecule has 1 N–H and O–H groups in total. The molecule has 2 aromatic rings. The third-order valence-corrected chi connectivity index (χ3v) is 4.12. The molecule has 2 rings (SSSR count). The molecule has 1 amide bonds. The van der Waals surface area contributed by atoms with Crippen LogP contribution in [0.2, 0.25) is 5.02 Å². The van der Waals surface area contributed by atoms with Crippen LogP contribution in [0.25, 0.3) is 0 Å². The van der Waals surface area contributed by atoms with Gasteiger partial charge in [0.05, 0.1) is 13.7 Å². The lowest BCUT2D eigenvalue weighted by Gasteiger charge is -2.29. The molecule has 0 spiro atoms. The lowest BCUT2D eigenvalue weighted by atomic mass is 9.95. The Balaban J connectivity index is 2.12. The summed E-state index contributed by atoms with van der Waals surface area (Å²) in [6.45, 7) is 2.05. The van der Waals surface area contributed by atoms with Gasteiger partial charge in [-0.2, -0.15) is 0 Å². The lowest BCUT2D eigenvalue weighted by Crippen LogP contribution is -2.40. The molecule has 0 fully saturated rings. The van der Waals surface area contributed by atoms with E-state index in [1.54, 1.807) is 19.2 Å². The molecule has 0 aromatic heterocycles. The van der Waals surface area contributed by atoms with Crippen LogP contribution >= 0.6 is 11.6 Å². The summed E-state index contributed by atoms with van der Waals surface area (Å²) < 4.78 is 24.1. The van der Waals surface area contributed by atoms with Gasteiger partial charge >= 0.3 is 0 Å². The Bertz CT molecular complexity index is 738. The second kappa shape index (κ2) is 7.64. The van der Waals surface area contributed by atoms with Gasteiger partial charge in [-0.3, -0.25) is 4.79 Å². The van der Waals surface area contributed by atoms with Crippen molar-refractivity contribution in [2.24, 2.45) is 0 Å². The predicted molar refractivity (Wildman–Crippen MR) is 91.1 cm³/mol. The van der Waals surface area contributed by atoms with Crippen molar-refractivity contribution in [1.82, 2.24) is 5.32 Å². The molecule has 2 aromatic carbocycles. The maximum Gasteiger partial charge on any atom is 0.251 e. The zero-order chi connectivity index (χ0) is 17.7. The van der Waals surface area contributed by atoms with Crippen LogP contribution in [0, 0.1) is 5.82 Å². The van der Waals surface area contributed by atoms with E-state index in [1.807, 2.05) is 19.1 Å². The zero-order valence-corrected chi connectivity index (χ0v) is 14.5. The highest BCUT2D eigenvalue weighted by molar-refractivity contribution is 6.30. The van der Waals surface area contributed by atoms with Gasteiger partial charge in [-0.25, -0.2) is 4.39 Å². The Morgan fingerprint density at radius 2 is 2.00 bits per heavy atom. The quantitative estimate of drug-likeness (QED) is 0.861. The van der Waals surface area contributed by atoms with Crippen LogP contribution in [0.3, 0.4) is 0 Å². The molecular weight excluding hydrogens is 333 g/mol. The number of ether oxygens (including phenoxy) is 2. The van der Waals surface area contributed by atoms with Gasteiger partial charge in [0.15, 0.2) is 11.6 Å². The van der Waals surface area contributed by atoms with Crippen molar-refractivity contribution in [2.75, 3.05) is 20.8 Å². The summed E-state index contributed by atoms with van der Waals surface area (Å²) in [5.74, 6) is -0.899. The number of carbonyl (C=O) groups excluding carboxylic acids is 1. The van der Waals surface area contributed by atoms with E-state index < -0.39 is 17.3 Å². The van der Waals surface area contributed by atoms with E-state index in [4.69, 9.17) is 21.1 Å². The Kier molecular flexibility index (Phi) is 5.80. The average molecular weight is 352 g/mol. The fourth-order valence-electron chi connectivity index (χ4n) is 2.27. The average Bonchev–Trinajstić information content (AvgIpc) is 2.59. The first-order chi connectivity index (χ1) is 11.4. The summed E-state index contributed by atoms with van der Waals surface area (Å²) in [5.41, 5.74) is 0.280. The smallest absolute Gasteiger partial charge is 0.251 e. The van der Waals surface area contributed by atoms with E-state index in [2.05, 4.69) is 5.32 Å². The number of amides is 1. The van der Waals surface area contributed by atoms with Crippen molar-refractivity contribution in [3.8, 4) is 5.75 Å². The molecule has 24 heavy (non-hydrogen) atoms. The van der Waals surface area contributed by atoms with Gasteiger partial charge in [0.25, 0.3) is 5.91 Å². The fourth-order valence-corrected chi connectivity index (χ4v) is 2.46. The van der Waals surface area contributed by atoms with E-state index in [1.165, 1.54) is 19.2 Å². The SMILES string of the molecule is COc1ccc(C(=O)NC[C@](C)(OC)c2cccc(Cl)c2)cc1F. The molecule has 4 nitrogen and oxygen atoms in total. The second-order valence-electron chi connectivity index (χ2n) is 5.48. The molecule has 0 aliphatic carbocycles. The second-order valence-corrected chi connectivity index (χ2v) is 5.91. The Labute approximate surface area is 145 Å². The summed E-state index contributed by atoms with van der Waals surface area (Å²) in [6, 6.07) is 11.3. The van der Waals surface area contributed by atoms with Gasteiger partial charge in [0.1, 0.15) is 5.60 Å². The zero-order valence-electron chi connectivity index (χ0n) is 13.7. The standard InChI is InChI=1S/C18H19ClFNO3/c1-18(24-3,13-5-4-6-14(19)10-13)11-21-17(22)12-7-8-16(23-2)15(20)9-12/h4-10H,11H2,1-3H3,(H,21,22)/t18-/m0/s1. The lowest BCUT2D eigenvalue weighted by molar-refractivity contribution is 0.00315. The molecule has 0 aliphatic heterocycles. The number of rotatable bonds is 6. The first-order valence-corrected chi connectivity index (χ1v) is 7.70. The van der Waals surface area contributed by atoms with E-state index in [-0.39, 0.29) is 17.9 Å². The molecular formula is C18H19ClFNO3. The van der Waals surface area contributed by atoms with Gasteiger partial charge in [-0.05, 0) is 42.8 Å². The van der Waals surface area contributed by atoms with Crippen LogP contribution < -0.4 is 10.1 Å². The van der Waals surface area contributed by atoms with Crippen molar-refractivity contribution in [2.45, 2.75) is 12.5 Å². The van der Waals surface area contributed by atoms with Gasteiger partial charge in [-0.1, -0.05) is 23.7 Å². The summed E-state index contributed by atoms with van der Waals surface area (Å²) in [7, 11) is 2.92. The number of hydrogen-bond donors (Lipinski definition) is 1. The van der Waals surface area contributed by atoms with Crippen LogP contribution in [0.5, 0.6) is 5.75 Å². The molecule has 0 unspecified atom stereocenters. The molecule has 0 bridgehead atoms. The molecule has 1 atom stereocenters. The van der Waals surface area contributed by atoms with Crippen molar-refractivity contribution < 1.29 is 18.7 Å². The Morgan fingerprint density at radius 1 is 1.25 bits per heavy atom. The highest BCUT2D eigenvalue weighted by atomic mass is 35.5. The van der Waals surface area contributed by atoms with Gasteiger partial charge in [0.2, 0.25) is 0 Å². The van der Waals surface area contributed by atoms with Crippen molar-refractivity contribution in [3.63, 3.8) is 0 Å². The van der Waals surface area contributed by atoms with E-state index in [0.717, 1.165) is 11.6 Å². The summed E-state index contributed by atoms with van der Waals surface area (Å²) in [5, 5.41) is 3.34. The predicted octanol–water partition coefficient (Wildman–Crippen LogP) is 3.78. The molecule has 0 aliphatic rings. The number of benzene rings is 2. The van der Waals surface area contributed by atoms with E-state index in [0.29, 0.717) is 5.02 Å². The highest BCUT2D eigenvalue weighted by Crippen LogP contribution is 2.26. The first kappa shape index (κ1) is 18.2. The number of methoxy groups -OCH3 is 2.